The number of halogens is 2. The molecule has 2 rings (SSSR count). The molecule has 2 N–H and O–H groups in total. The molecular formula is C11H9ClFNO3S2. The summed E-state index contributed by atoms with van der Waals surface area (Å²) in [5.74, 6) is -0.716. The van der Waals surface area contributed by atoms with Crippen LogP contribution < -0.4 is 4.72 Å². The van der Waals surface area contributed by atoms with E-state index in [4.69, 9.17) is 16.7 Å². The number of aliphatic hydroxyl groups excluding tert-OH is 1. The molecule has 0 aliphatic carbocycles. The summed E-state index contributed by atoms with van der Waals surface area (Å²) in [6, 6.07) is 4.92. The summed E-state index contributed by atoms with van der Waals surface area (Å²) in [5.41, 5.74) is 0.267. The first kappa shape index (κ1) is 14.3. The van der Waals surface area contributed by atoms with Crippen molar-refractivity contribution in [3.05, 3.63) is 46.0 Å². The summed E-state index contributed by atoms with van der Waals surface area (Å²) in [7, 11) is -3.88. The van der Waals surface area contributed by atoms with Gasteiger partial charge in [-0.05, 0) is 35.2 Å². The summed E-state index contributed by atoms with van der Waals surface area (Å²) < 4.78 is 39.6. The van der Waals surface area contributed by atoms with Crippen LogP contribution in [0.2, 0.25) is 5.02 Å². The topological polar surface area (TPSA) is 66.4 Å². The van der Waals surface area contributed by atoms with Gasteiger partial charge in [0.05, 0.1) is 12.3 Å². The largest absolute Gasteiger partial charge is 0.392 e. The van der Waals surface area contributed by atoms with Crippen LogP contribution in [0.15, 0.2) is 33.9 Å². The van der Waals surface area contributed by atoms with Crippen molar-refractivity contribution in [2.75, 3.05) is 4.72 Å². The van der Waals surface area contributed by atoms with Gasteiger partial charge in [0, 0.05) is 5.02 Å². The maximum Gasteiger partial charge on any atom is 0.271 e. The van der Waals surface area contributed by atoms with E-state index in [1.165, 1.54) is 23.6 Å². The normalized spacial score (nSPS) is 11.5. The van der Waals surface area contributed by atoms with E-state index in [1.807, 2.05) is 0 Å². The predicted molar refractivity (Wildman–Crippen MR) is 72.5 cm³/mol. The fourth-order valence-electron chi connectivity index (χ4n) is 1.35. The molecule has 0 saturated heterocycles. The SMILES string of the molecule is O=S(=O)(Nc1cc(Cl)ccc1F)c1cc(CO)cs1. The third kappa shape index (κ3) is 3.24. The number of anilines is 1. The van der Waals surface area contributed by atoms with Gasteiger partial charge in [-0.25, -0.2) is 12.8 Å². The van der Waals surface area contributed by atoms with E-state index in [0.29, 0.717) is 5.56 Å². The average Bonchev–Trinajstić information content (AvgIpc) is 2.83. The number of hydrogen-bond acceptors (Lipinski definition) is 4. The molecule has 0 aliphatic heterocycles. The van der Waals surface area contributed by atoms with E-state index in [9.17, 15) is 12.8 Å². The summed E-state index contributed by atoms with van der Waals surface area (Å²) in [6.07, 6.45) is 0. The zero-order valence-electron chi connectivity index (χ0n) is 9.43. The van der Waals surface area contributed by atoms with E-state index in [0.717, 1.165) is 17.4 Å². The van der Waals surface area contributed by atoms with Gasteiger partial charge in [0.1, 0.15) is 10.0 Å². The number of thiophene rings is 1. The van der Waals surface area contributed by atoms with Crippen molar-refractivity contribution < 1.29 is 17.9 Å². The number of rotatable bonds is 4. The van der Waals surface area contributed by atoms with Gasteiger partial charge < -0.3 is 5.11 Å². The highest BCUT2D eigenvalue weighted by Crippen LogP contribution is 2.26. The minimum atomic E-state index is -3.88. The minimum Gasteiger partial charge on any atom is -0.392 e. The molecule has 0 unspecified atom stereocenters. The first-order valence-corrected chi connectivity index (χ1v) is 7.82. The molecule has 0 radical (unpaired) electrons. The highest BCUT2D eigenvalue weighted by molar-refractivity contribution is 7.94. The number of hydrogen-bond donors (Lipinski definition) is 2. The van der Waals surface area contributed by atoms with Crippen LogP contribution >= 0.6 is 22.9 Å². The number of aliphatic hydroxyl groups is 1. The van der Waals surface area contributed by atoms with Crippen molar-refractivity contribution in [3.63, 3.8) is 0 Å². The van der Waals surface area contributed by atoms with Crippen molar-refractivity contribution in [2.45, 2.75) is 10.8 Å². The molecule has 0 atom stereocenters. The number of benzene rings is 1. The first-order valence-electron chi connectivity index (χ1n) is 5.08. The molecule has 19 heavy (non-hydrogen) atoms. The summed E-state index contributed by atoms with van der Waals surface area (Å²) in [5, 5.41) is 10.6. The predicted octanol–water partition coefficient (Wildman–Crippen LogP) is 2.83. The van der Waals surface area contributed by atoms with Crippen molar-refractivity contribution in [1.82, 2.24) is 0 Å². The second-order valence-electron chi connectivity index (χ2n) is 3.66. The van der Waals surface area contributed by atoms with Crippen molar-refractivity contribution in [2.24, 2.45) is 0 Å². The molecule has 102 valence electrons. The molecule has 0 amide bonds. The molecule has 4 nitrogen and oxygen atoms in total. The Morgan fingerprint density at radius 1 is 1.37 bits per heavy atom. The van der Waals surface area contributed by atoms with E-state index >= 15 is 0 Å². The Hall–Kier alpha value is -1.15. The molecular weight excluding hydrogens is 313 g/mol. The lowest BCUT2D eigenvalue weighted by Gasteiger charge is -2.07. The van der Waals surface area contributed by atoms with Crippen molar-refractivity contribution in [1.29, 1.82) is 0 Å². The molecule has 8 heteroatoms. The second kappa shape index (κ2) is 5.46. The van der Waals surface area contributed by atoms with Crippen LogP contribution in [0.5, 0.6) is 0 Å². The highest BCUT2D eigenvalue weighted by atomic mass is 35.5. The zero-order valence-corrected chi connectivity index (χ0v) is 11.8. The average molecular weight is 322 g/mol. The Kier molecular flexibility index (Phi) is 4.10. The Morgan fingerprint density at radius 2 is 2.11 bits per heavy atom. The maximum atomic E-state index is 13.5. The van der Waals surface area contributed by atoms with E-state index in [1.54, 1.807) is 0 Å². The monoisotopic (exact) mass is 321 g/mol. The zero-order chi connectivity index (χ0) is 14.0. The van der Waals surface area contributed by atoms with Crippen LogP contribution in [0.4, 0.5) is 10.1 Å². The van der Waals surface area contributed by atoms with Gasteiger partial charge in [-0.3, -0.25) is 4.72 Å². The first-order chi connectivity index (χ1) is 8.92. The molecule has 0 bridgehead atoms. The molecule has 0 saturated carbocycles. The smallest absolute Gasteiger partial charge is 0.271 e. The van der Waals surface area contributed by atoms with E-state index < -0.39 is 15.8 Å². The minimum absolute atomic E-state index is 0.00377. The van der Waals surface area contributed by atoms with Gasteiger partial charge in [0.2, 0.25) is 0 Å². The number of sulfonamides is 1. The lowest BCUT2D eigenvalue weighted by atomic mass is 10.3. The maximum absolute atomic E-state index is 13.5. The van der Waals surface area contributed by atoms with Crippen molar-refractivity contribution in [3.8, 4) is 0 Å². The molecule has 0 spiro atoms. The van der Waals surface area contributed by atoms with Crippen LogP contribution in [0.3, 0.4) is 0 Å². The Balaban J connectivity index is 2.33. The summed E-state index contributed by atoms with van der Waals surface area (Å²) in [6.45, 7) is -0.252. The van der Waals surface area contributed by atoms with E-state index in [-0.39, 0.29) is 21.5 Å². The molecule has 1 heterocycles. The molecule has 0 aliphatic rings. The van der Waals surface area contributed by atoms with Gasteiger partial charge >= 0.3 is 0 Å². The lowest BCUT2D eigenvalue weighted by molar-refractivity contribution is 0.282. The van der Waals surface area contributed by atoms with Gasteiger partial charge in [0.15, 0.2) is 0 Å². The van der Waals surface area contributed by atoms with Gasteiger partial charge in [-0.15, -0.1) is 11.3 Å². The van der Waals surface area contributed by atoms with Gasteiger partial charge in [-0.2, -0.15) is 0 Å². The third-order valence-electron chi connectivity index (χ3n) is 2.25. The Bertz CT molecular complexity index is 700. The summed E-state index contributed by atoms with van der Waals surface area (Å²) >= 11 is 6.63. The van der Waals surface area contributed by atoms with Crippen LogP contribution in [0, 0.1) is 5.82 Å². The van der Waals surface area contributed by atoms with Crippen LogP contribution in [-0.4, -0.2) is 13.5 Å². The number of nitrogens with one attached hydrogen (secondary N) is 1. The Labute approximate surface area is 118 Å². The fraction of sp³-hybridized carbons (Fsp3) is 0.0909. The standard InChI is InChI=1S/C11H9ClFNO3S2/c12-8-1-2-9(13)10(4-8)14-19(16,17)11-3-7(5-15)6-18-11/h1-4,6,14-15H,5H2. The lowest BCUT2D eigenvalue weighted by Crippen LogP contribution is -2.12. The van der Waals surface area contributed by atoms with Gasteiger partial charge in [-0.1, -0.05) is 11.6 Å². The molecule has 0 fully saturated rings. The Morgan fingerprint density at radius 3 is 2.74 bits per heavy atom. The van der Waals surface area contributed by atoms with Crippen LogP contribution in [0.1, 0.15) is 5.56 Å². The highest BCUT2D eigenvalue weighted by Gasteiger charge is 2.18. The molecule has 1 aromatic carbocycles. The van der Waals surface area contributed by atoms with Crippen LogP contribution in [0.25, 0.3) is 0 Å². The second-order valence-corrected chi connectivity index (χ2v) is 6.92. The quantitative estimate of drug-likeness (QED) is 0.910. The third-order valence-corrected chi connectivity index (χ3v) is 5.34. The van der Waals surface area contributed by atoms with Gasteiger partial charge in [0.25, 0.3) is 10.0 Å². The molecule has 2 aromatic rings. The fourth-order valence-corrected chi connectivity index (χ4v) is 3.78. The summed E-state index contributed by atoms with van der Waals surface area (Å²) in [4.78, 5) is 0. The van der Waals surface area contributed by atoms with Crippen molar-refractivity contribution >= 4 is 38.6 Å². The molecule has 1 aromatic heterocycles. The van der Waals surface area contributed by atoms with Crippen LogP contribution in [-0.2, 0) is 16.6 Å². The van der Waals surface area contributed by atoms with E-state index in [2.05, 4.69) is 4.72 Å².